The van der Waals surface area contributed by atoms with Gasteiger partial charge >= 0.3 is 0 Å². The third-order valence-corrected chi connectivity index (χ3v) is 14.9. The number of nitrogens with zero attached hydrogens (tertiary/aromatic N) is 2. The quantitative estimate of drug-likeness (QED) is 0.128. The fourth-order valence-corrected chi connectivity index (χ4v) is 11.9. The van der Waals surface area contributed by atoms with Crippen LogP contribution in [0.1, 0.15) is 0 Å². The maximum Gasteiger partial charge on any atom is 0.270 e. The summed E-state index contributed by atoms with van der Waals surface area (Å²) < 4.78 is 40.0. The van der Waals surface area contributed by atoms with Crippen LogP contribution in [0.2, 0.25) is 0 Å². The second-order valence-electron chi connectivity index (χ2n) is 18.6. The van der Waals surface area contributed by atoms with Gasteiger partial charge in [-0.25, -0.2) is 9.97 Å². The maximum absolute atomic E-state index is 6.79. The zero-order chi connectivity index (χ0) is 45.3. The second-order valence-corrected chi connectivity index (χ2v) is 18.6. The third kappa shape index (κ3) is 4.91. The van der Waals surface area contributed by atoms with Crippen molar-refractivity contribution in [2.75, 3.05) is 0 Å². The summed E-state index contributed by atoms with van der Waals surface area (Å²) in [6.07, 6.45) is 0. The van der Waals surface area contributed by atoms with Crippen LogP contribution in [0, 0.1) is 0 Å². The molecule has 2 aromatic heterocycles. The van der Waals surface area contributed by atoms with Crippen molar-refractivity contribution in [1.29, 1.82) is 0 Å². The molecule has 9 aromatic carbocycles. The number of pyridine rings is 2. The van der Waals surface area contributed by atoms with Gasteiger partial charge in [0.2, 0.25) is 0 Å². The fraction of sp³-hybridized carbons (Fsp3) is 0. The number of fused-ring (bicyclic) bond motifs is 3. The lowest BCUT2D eigenvalue weighted by atomic mass is 9.34. The maximum atomic E-state index is 6.79. The Kier molecular flexibility index (Phi) is 6.96. The molecule has 10 heteroatoms. The van der Waals surface area contributed by atoms with Gasteiger partial charge < -0.3 is 28.4 Å². The third-order valence-electron chi connectivity index (χ3n) is 14.9. The van der Waals surface area contributed by atoms with E-state index in [1.807, 2.05) is 84.9 Å². The van der Waals surface area contributed by atoms with Crippen molar-refractivity contribution in [2.24, 2.45) is 0 Å². The highest BCUT2D eigenvalue weighted by Gasteiger charge is 2.48. The molecule has 6 aliphatic heterocycles. The summed E-state index contributed by atoms with van der Waals surface area (Å²) in [5, 5.41) is 1.91. The lowest BCUT2D eigenvalue weighted by molar-refractivity contribution is 0.442. The number of benzene rings is 9. The van der Waals surface area contributed by atoms with E-state index in [1.165, 1.54) is 0 Å². The number of aromatic nitrogens is 2. The van der Waals surface area contributed by atoms with E-state index < -0.39 is 0 Å². The Hall–Kier alpha value is -9.27. The molecule has 8 nitrogen and oxygen atoms in total. The summed E-state index contributed by atoms with van der Waals surface area (Å²) >= 11 is 0. The molecule has 322 valence electrons. The summed E-state index contributed by atoms with van der Waals surface area (Å²) in [4.78, 5) is 11.2. The first-order valence-corrected chi connectivity index (χ1v) is 23.5. The van der Waals surface area contributed by atoms with Gasteiger partial charge in [0, 0.05) is 65.8 Å². The summed E-state index contributed by atoms with van der Waals surface area (Å²) in [7, 11) is 0. The van der Waals surface area contributed by atoms with Gasteiger partial charge in [-0.05, 0) is 96.1 Å². The molecule has 0 bridgehead atoms. The van der Waals surface area contributed by atoms with Crippen molar-refractivity contribution in [1.82, 2.24) is 9.97 Å². The first-order valence-electron chi connectivity index (χ1n) is 23.5. The predicted molar refractivity (Wildman–Crippen MR) is 274 cm³/mol. The van der Waals surface area contributed by atoms with Crippen LogP contribution in [-0.2, 0) is 0 Å². The van der Waals surface area contributed by atoms with Crippen molar-refractivity contribution in [2.45, 2.75) is 0 Å². The summed E-state index contributed by atoms with van der Waals surface area (Å²) in [5.41, 5.74) is 15.1. The van der Waals surface area contributed by atoms with Gasteiger partial charge in [0.1, 0.15) is 69.0 Å². The minimum Gasteiger partial charge on any atom is -0.458 e. The van der Waals surface area contributed by atoms with Crippen molar-refractivity contribution in [3.63, 3.8) is 0 Å². The molecule has 0 saturated carbocycles. The molecule has 0 radical (unpaired) electrons. The van der Waals surface area contributed by atoms with Crippen LogP contribution in [0.3, 0.4) is 0 Å². The molecule has 70 heavy (non-hydrogen) atoms. The molecule has 6 aliphatic rings. The Morgan fingerprint density at radius 1 is 0.257 bits per heavy atom. The minimum absolute atomic E-state index is 0.0752. The summed E-state index contributed by atoms with van der Waals surface area (Å²) in [6, 6.07) is 62.2. The summed E-state index contributed by atoms with van der Waals surface area (Å²) in [5.74, 6) is 9.40. The highest BCUT2D eigenvalue weighted by Crippen LogP contribution is 2.48. The monoisotopic (exact) mass is 896 g/mol. The first kappa shape index (κ1) is 36.8. The van der Waals surface area contributed by atoms with Crippen LogP contribution >= 0.6 is 0 Å². The van der Waals surface area contributed by atoms with Crippen molar-refractivity contribution < 1.29 is 28.4 Å². The zero-order valence-corrected chi connectivity index (χ0v) is 36.8. The molecule has 0 N–H and O–H groups in total. The van der Waals surface area contributed by atoms with Crippen LogP contribution < -0.4 is 61.2 Å². The topological polar surface area (TPSA) is 81.2 Å². The number of rotatable bonds is 4. The van der Waals surface area contributed by atoms with Gasteiger partial charge in [0.05, 0.1) is 22.4 Å². The molecular formula is C60H30B2N2O6. The Morgan fingerprint density at radius 2 is 0.543 bits per heavy atom. The zero-order valence-electron chi connectivity index (χ0n) is 36.8. The van der Waals surface area contributed by atoms with E-state index in [-0.39, 0.29) is 13.4 Å². The minimum atomic E-state index is -0.0752. The highest BCUT2D eigenvalue weighted by atomic mass is 16.5. The SMILES string of the molecule is c1ccc(-c2nc3c(ccc4cc(-c5cc6c7c(c5)Oc5cccc8c5B7c5c(cccc5O6)O8)c(-c5ccccc5)nc43)cc2-c2cc3c4c(c2)Oc2cccc5c2B4c2c(cccc2O3)O5)cc1. The molecule has 0 spiro atoms. The molecule has 0 atom stereocenters. The summed E-state index contributed by atoms with van der Waals surface area (Å²) in [6.45, 7) is -0.150. The Bertz CT molecular complexity index is 3800. The van der Waals surface area contributed by atoms with E-state index in [0.29, 0.717) is 0 Å². The lowest BCUT2D eigenvalue weighted by Crippen LogP contribution is -2.59. The molecule has 0 unspecified atom stereocenters. The predicted octanol–water partition coefficient (Wildman–Crippen LogP) is 11.1. The van der Waals surface area contributed by atoms with E-state index >= 15 is 0 Å². The molecule has 0 amide bonds. The smallest absolute Gasteiger partial charge is 0.270 e. The first-order chi connectivity index (χ1) is 34.6. The Morgan fingerprint density at radius 3 is 0.857 bits per heavy atom. The van der Waals surface area contributed by atoms with Gasteiger partial charge in [-0.15, -0.1) is 0 Å². The molecule has 8 heterocycles. The molecular weight excluding hydrogens is 866 g/mol. The number of hydrogen-bond acceptors (Lipinski definition) is 8. The molecule has 17 rings (SSSR count). The molecule has 0 saturated heterocycles. The number of ether oxygens (including phenoxy) is 6. The van der Waals surface area contributed by atoms with Crippen LogP contribution in [0.25, 0.3) is 66.6 Å². The molecule has 11 aromatic rings. The highest BCUT2D eigenvalue weighted by molar-refractivity contribution is 7.00. The van der Waals surface area contributed by atoms with Crippen LogP contribution in [0.15, 0.2) is 182 Å². The van der Waals surface area contributed by atoms with Crippen LogP contribution in [0.5, 0.6) is 69.0 Å². The van der Waals surface area contributed by atoms with E-state index in [2.05, 4.69) is 97.1 Å². The van der Waals surface area contributed by atoms with Gasteiger partial charge in [0.25, 0.3) is 13.4 Å². The average molecular weight is 897 g/mol. The van der Waals surface area contributed by atoms with E-state index in [4.69, 9.17) is 38.4 Å². The normalized spacial score (nSPS) is 13.8. The van der Waals surface area contributed by atoms with Gasteiger partial charge in [-0.2, -0.15) is 0 Å². The van der Waals surface area contributed by atoms with Crippen LogP contribution in [-0.4, -0.2) is 23.4 Å². The molecule has 0 aliphatic carbocycles. The van der Waals surface area contributed by atoms with E-state index in [0.717, 1.165) is 168 Å². The lowest BCUT2D eigenvalue weighted by Gasteiger charge is -2.37. The molecule has 0 fully saturated rings. The van der Waals surface area contributed by atoms with Crippen LogP contribution in [0.4, 0.5) is 0 Å². The Balaban J connectivity index is 0.864. The largest absolute Gasteiger partial charge is 0.458 e. The number of hydrogen-bond donors (Lipinski definition) is 0. The van der Waals surface area contributed by atoms with E-state index in [1.54, 1.807) is 0 Å². The fourth-order valence-electron chi connectivity index (χ4n) is 11.9. The Labute approximate surface area is 400 Å². The van der Waals surface area contributed by atoms with Gasteiger partial charge in [-0.1, -0.05) is 97.1 Å². The second kappa shape index (κ2) is 13.2. The van der Waals surface area contributed by atoms with Gasteiger partial charge in [-0.3, -0.25) is 0 Å². The van der Waals surface area contributed by atoms with Crippen molar-refractivity contribution in [3.05, 3.63) is 182 Å². The standard InChI is InChI=1S/C60H30B2N2O6/c1-3-11-31(12-4-1)57-37(35-27-47-55-48(28-35)68-44-20-8-16-40-52(44)61(55)51-39(65-40)15-7-19-43(51)67-47)25-33-23-24-34-26-38(58(32-13-5-2-6-14-32)64-60(34)59(33)63-57)36-29-49-56-50(30-36)70-46-22-10-18-42-54(46)62(56)53-41(66-42)17-9-21-45(53)69-49/h1-30H. The van der Waals surface area contributed by atoms with Crippen molar-refractivity contribution in [3.8, 4) is 114 Å². The van der Waals surface area contributed by atoms with Crippen molar-refractivity contribution >= 4 is 68.0 Å². The average Bonchev–Trinajstić information content (AvgIpc) is 3.41. The van der Waals surface area contributed by atoms with Gasteiger partial charge in [0.15, 0.2) is 0 Å². The van der Waals surface area contributed by atoms with E-state index in [9.17, 15) is 0 Å².